The van der Waals surface area contributed by atoms with Gasteiger partial charge in [-0.1, -0.05) is 130 Å². The number of allylic oxidation sites excluding steroid dienone is 6. The lowest BCUT2D eigenvalue weighted by Gasteiger charge is -2.34. The van der Waals surface area contributed by atoms with E-state index in [2.05, 4.69) is 104 Å². The highest BCUT2D eigenvalue weighted by molar-refractivity contribution is 7.34. The van der Waals surface area contributed by atoms with Gasteiger partial charge >= 0.3 is 0 Å². The van der Waals surface area contributed by atoms with Crippen LogP contribution in [0.5, 0.6) is 23.0 Å². The normalized spacial score (nSPS) is 16.0. The molecule has 520 valence electrons. The van der Waals surface area contributed by atoms with Gasteiger partial charge in [0.2, 0.25) is 0 Å². The second-order valence-electron chi connectivity index (χ2n) is 27.3. The van der Waals surface area contributed by atoms with E-state index in [1.54, 1.807) is 34.8 Å². The maximum atomic E-state index is 15.3. The number of nitriles is 4. The lowest BCUT2D eigenvalue weighted by molar-refractivity contribution is 0.103. The number of carbonyl (C=O) groups is 2. The third kappa shape index (κ3) is 11.7. The average Bonchev–Trinajstić information content (AvgIpc) is 1.49. The van der Waals surface area contributed by atoms with Gasteiger partial charge in [0.05, 0.1) is 66.2 Å². The van der Waals surface area contributed by atoms with E-state index >= 15 is 17.6 Å². The van der Waals surface area contributed by atoms with Gasteiger partial charge in [-0.3, -0.25) is 9.59 Å². The van der Waals surface area contributed by atoms with Crippen molar-refractivity contribution in [1.82, 2.24) is 0 Å². The molecule has 10 nitrogen and oxygen atoms in total. The Hall–Kier alpha value is -10.4. The Kier molecular flexibility index (Phi) is 19.2. The molecule has 6 aromatic carbocycles. The minimum atomic E-state index is -1.25. The summed E-state index contributed by atoms with van der Waals surface area (Å²) in [7, 11) is 0. The Morgan fingerprint density at radius 3 is 0.933 bits per heavy atom. The molecule has 0 saturated carbocycles. The van der Waals surface area contributed by atoms with Gasteiger partial charge in [0.25, 0.3) is 0 Å². The van der Waals surface area contributed by atoms with Crippen LogP contribution in [0.1, 0.15) is 167 Å². The van der Waals surface area contributed by atoms with Crippen LogP contribution in [0, 0.1) is 92.3 Å². The fourth-order valence-electron chi connectivity index (χ4n) is 14.3. The zero-order valence-corrected chi connectivity index (χ0v) is 61.5. The van der Waals surface area contributed by atoms with Gasteiger partial charge < -0.3 is 18.9 Å². The Morgan fingerprint density at radius 2 is 0.673 bits per heavy atom. The summed E-state index contributed by atoms with van der Waals surface area (Å²) in [6.45, 7) is 19.0. The van der Waals surface area contributed by atoms with Crippen molar-refractivity contribution in [1.29, 1.82) is 21.0 Å². The number of ketones is 2. The molecule has 4 atom stereocenters. The Balaban J connectivity index is 1.08. The summed E-state index contributed by atoms with van der Waals surface area (Å²) >= 11 is 6.12. The van der Waals surface area contributed by atoms with Crippen LogP contribution in [0.15, 0.2) is 156 Å². The molecule has 0 radical (unpaired) electrons. The molecule has 0 saturated heterocycles. The quantitative estimate of drug-likeness (QED) is 0.0362. The molecule has 0 N–H and O–H groups in total. The number of rotatable bonds is 22. The molecule has 104 heavy (non-hydrogen) atoms. The number of carbonyl (C=O) groups excluding carboxylic acids is 2. The molecule has 14 rings (SSSR count). The molecule has 4 aliphatic carbocycles. The third-order valence-corrected chi connectivity index (χ3v) is 25.8. The number of fused-ring (bicyclic) bond motifs is 11. The molecule has 0 unspecified atom stereocenters. The average molecular weight is 1460 g/mol. The molecular weight excluding hydrogens is 1390 g/mol. The SMILES string of the molecule is CC[C@@H](C)COc1ccc(C2(c3ccc(OC[C@H](C)CC)cc3)c3cc(/C=C4\C(=O)c5cc(F)c(F)cc5C4=C(C#N)C#N)sc3-c3sc4c5c(sc4c32)-c2sc(/C=C3\C(=O)c4cc(F)c(F)cc4C3=C(C#N)C#N)cc2C5(c2ccc(OC[C@@H](C)CC)cc2)c2ccc(OC[C@@H](C)CC)cc2)cc1. The van der Waals surface area contributed by atoms with Gasteiger partial charge in [-0.15, -0.1) is 45.3 Å². The standard InChI is InChI=1S/C86H68F4N4O6S4/c1-9-45(5)41-97-55-21-13-51(14-22-55)85(52-15-23-56(24-16-52)98-42-46(6)10-2)67-31-59(29-65-73(49(37-91)38-92)61-33-69(87)71(89)35-63(61)77(65)95)101-79(67)81-75(85)83-84(103-81)76-82(104-83)80-68(32-60(102-80)30-66-74(50(39-93)40-94)62-34-70(88)72(90)36-64(62)78(66)96)86(76,53-17-25-57(26-18-53)99-43-47(7)11-3)54-19-27-58(28-20-54)100-44-48(8)12-4/h13-36,45-48H,9-12,41-44H2,1-8H3/b65-29-,66-30-/t45-,46-,47+,48+. The number of hydrogen-bond donors (Lipinski definition) is 0. The van der Waals surface area contributed by atoms with E-state index < -0.39 is 56.8 Å². The summed E-state index contributed by atoms with van der Waals surface area (Å²) in [5, 5.41) is 41.7. The molecular formula is C86H68F4N4O6S4. The molecule has 18 heteroatoms. The molecule has 10 aromatic rings. The maximum absolute atomic E-state index is 15.3. The second kappa shape index (κ2) is 28.3. The second-order valence-corrected chi connectivity index (χ2v) is 31.5. The summed E-state index contributed by atoms with van der Waals surface area (Å²) in [6.07, 6.45) is 6.92. The van der Waals surface area contributed by atoms with E-state index in [4.69, 9.17) is 18.9 Å². The lowest BCUT2D eigenvalue weighted by Crippen LogP contribution is -2.29. The first-order chi connectivity index (χ1) is 50.3. The van der Waals surface area contributed by atoms with E-state index in [0.29, 0.717) is 59.2 Å². The molecule has 4 aromatic heterocycles. The number of Topliss-reactive ketones (excluding diaryl/α,β-unsaturated/α-hetero) is 2. The fourth-order valence-corrected chi connectivity index (χ4v) is 20.0. The van der Waals surface area contributed by atoms with Crippen LogP contribution in [0.2, 0.25) is 0 Å². The van der Waals surface area contributed by atoms with Crippen LogP contribution in [-0.4, -0.2) is 38.0 Å². The van der Waals surface area contributed by atoms with Gasteiger partial charge in [0.15, 0.2) is 34.8 Å². The lowest BCUT2D eigenvalue weighted by atomic mass is 9.67. The van der Waals surface area contributed by atoms with Gasteiger partial charge in [0, 0.05) is 54.3 Å². The smallest absolute Gasteiger partial charge is 0.194 e. The van der Waals surface area contributed by atoms with Crippen LogP contribution in [0.25, 0.3) is 52.2 Å². The first-order valence-electron chi connectivity index (χ1n) is 34.7. The molecule has 4 heterocycles. The molecule has 0 bridgehead atoms. The van der Waals surface area contributed by atoms with Crippen LogP contribution < -0.4 is 18.9 Å². The highest BCUT2D eigenvalue weighted by Gasteiger charge is 2.55. The van der Waals surface area contributed by atoms with Crippen molar-refractivity contribution in [2.75, 3.05) is 26.4 Å². The van der Waals surface area contributed by atoms with Crippen molar-refractivity contribution in [3.8, 4) is 66.8 Å². The van der Waals surface area contributed by atoms with Crippen molar-refractivity contribution in [2.24, 2.45) is 23.7 Å². The van der Waals surface area contributed by atoms with E-state index in [0.717, 1.165) is 123 Å². The summed E-state index contributed by atoms with van der Waals surface area (Å²) in [4.78, 5) is 34.2. The highest BCUT2D eigenvalue weighted by atomic mass is 32.1. The molecule has 0 spiro atoms. The zero-order chi connectivity index (χ0) is 73.2. The van der Waals surface area contributed by atoms with Crippen LogP contribution in [0.3, 0.4) is 0 Å². The molecule has 0 aliphatic heterocycles. The minimum Gasteiger partial charge on any atom is -0.493 e. The van der Waals surface area contributed by atoms with E-state index in [-0.39, 0.29) is 68.2 Å². The van der Waals surface area contributed by atoms with Crippen LogP contribution in [-0.2, 0) is 10.8 Å². The minimum absolute atomic E-state index is 0.0560. The number of nitrogens with zero attached hydrogens (tertiary/aromatic N) is 4. The van der Waals surface area contributed by atoms with Crippen LogP contribution >= 0.6 is 45.3 Å². The summed E-state index contributed by atoms with van der Waals surface area (Å²) in [5.74, 6) is -2.49. The first-order valence-corrected chi connectivity index (χ1v) is 38.0. The highest BCUT2D eigenvalue weighted by Crippen LogP contribution is 2.70. The van der Waals surface area contributed by atoms with Crippen LogP contribution in [0.4, 0.5) is 17.6 Å². The molecule has 4 aliphatic rings. The Morgan fingerprint density at radius 1 is 0.404 bits per heavy atom. The van der Waals surface area contributed by atoms with Gasteiger partial charge in [0.1, 0.15) is 58.4 Å². The number of hydrogen-bond acceptors (Lipinski definition) is 14. The predicted octanol–water partition coefficient (Wildman–Crippen LogP) is 22.2. The summed E-state index contributed by atoms with van der Waals surface area (Å²) < 4.78 is 88.6. The van der Waals surface area contributed by atoms with Crippen molar-refractivity contribution in [2.45, 2.75) is 91.9 Å². The fraction of sp³-hybridized carbons (Fsp3) is 0.256. The Bertz CT molecular complexity index is 5000. The third-order valence-electron chi connectivity index (χ3n) is 20.8. The van der Waals surface area contributed by atoms with Crippen molar-refractivity contribution in [3.63, 3.8) is 0 Å². The number of thiophene rings is 4. The van der Waals surface area contributed by atoms with E-state index in [9.17, 15) is 30.6 Å². The Labute approximate surface area is 616 Å². The molecule has 0 amide bonds. The van der Waals surface area contributed by atoms with E-state index in [1.807, 2.05) is 84.9 Å². The maximum Gasteiger partial charge on any atom is 0.194 e. The first kappa shape index (κ1) is 70.6. The van der Waals surface area contributed by atoms with Gasteiger partial charge in [-0.2, -0.15) is 21.0 Å². The van der Waals surface area contributed by atoms with Crippen molar-refractivity contribution >= 4 is 89.6 Å². The van der Waals surface area contributed by atoms with Gasteiger partial charge in [-0.25, -0.2) is 17.6 Å². The van der Waals surface area contributed by atoms with E-state index in [1.165, 1.54) is 22.7 Å². The van der Waals surface area contributed by atoms with Crippen molar-refractivity contribution in [3.05, 3.63) is 256 Å². The van der Waals surface area contributed by atoms with Crippen molar-refractivity contribution < 1.29 is 46.1 Å². The predicted molar refractivity (Wildman–Crippen MR) is 403 cm³/mol. The summed E-state index contributed by atoms with van der Waals surface area (Å²) in [5.41, 5.74) is 3.20. The number of benzene rings is 6. The topological polar surface area (TPSA) is 166 Å². The van der Waals surface area contributed by atoms with Gasteiger partial charge in [-0.05, 0) is 165 Å². The number of ether oxygens (including phenoxy) is 4. The molecule has 0 fully saturated rings. The largest absolute Gasteiger partial charge is 0.493 e. The monoisotopic (exact) mass is 1460 g/mol. The zero-order valence-electron chi connectivity index (χ0n) is 58.2. The number of halogens is 4. The summed E-state index contributed by atoms with van der Waals surface area (Å²) in [6, 6.07) is 47.8.